The van der Waals surface area contributed by atoms with E-state index in [0.29, 0.717) is 41.1 Å². The van der Waals surface area contributed by atoms with Gasteiger partial charge in [0.1, 0.15) is 24.0 Å². The first-order valence-corrected chi connectivity index (χ1v) is 16.6. The standard InChI is InChI=1S/C34H36FN5O4S/c1-22-14-30(43-3)15-23(2)33(22)45(41,42)40-29(16-25-6-4-5-7-31(25)40)21-44-34-36-13-12-32(37-34)39-20-27-17-28(39)19-38(27)18-24-8-10-26(35)11-9-24/h4-15,27-29H,16-21H2,1-3H3/t27?,28?,29-/m0/s1. The van der Waals surface area contributed by atoms with Crippen molar-refractivity contribution in [3.05, 3.63) is 101 Å². The summed E-state index contributed by atoms with van der Waals surface area (Å²) in [5.74, 6) is 1.20. The minimum absolute atomic E-state index is 0.100. The number of benzene rings is 3. The Labute approximate surface area is 263 Å². The van der Waals surface area contributed by atoms with E-state index in [1.165, 1.54) is 16.4 Å². The van der Waals surface area contributed by atoms with Gasteiger partial charge in [-0.25, -0.2) is 17.8 Å². The highest BCUT2D eigenvalue weighted by Crippen LogP contribution is 2.39. The summed E-state index contributed by atoms with van der Waals surface area (Å²) in [6.45, 7) is 6.23. The lowest BCUT2D eigenvalue weighted by Gasteiger charge is -2.35. The number of aromatic nitrogens is 2. The second-order valence-corrected chi connectivity index (χ2v) is 13.9. The maximum Gasteiger partial charge on any atom is 0.318 e. The van der Waals surface area contributed by atoms with Crippen molar-refractivity contribution in [2.24, 2.45) is 0 Å². The Balaban J connectivity index is 1.07. The van der Waals surface area contributed by atoms with Crippen LogP contribution in [0.5, 0.6) is 11.8 Å². The van der Waals surface area contributed by atoms with Crippen LogP contribution in [0.25, 0.3) is 0 Å². The van der Waals surface area contributed by atoms with Gasteiger partial charge >= 0.3 is 6.01 Å². The number of piperazine rings is 1. The number of para-hydroxylation sites is 1. The highest BCUT2D eigenvalue weighted by atomic mass is 32.2. The molecule has 3 aromatic carbocycles. The van der Waals surface area contributed by atoms with Gasteiger partial charge in [0.15, 0.2) is 0 Å². The number of methoxy groups -OCH3 is 1. The molecule has 3 aliphatic rings. The molecule has 45 heavy (non-hydrogen) atoms. The van der Waals surface area contributed by atoms with Gasteiger partial charge in [-0.15, -0.1) is 0 Å². The van der Waals surface area contributed by atoms with Crippen LogP contribution < -0.4 is 18.7 Å². The fraction of sp³-hybridized carbons (Fsp3) is 0.353. The van der Waals surface area contributed by atoms with E-state index >= 15 is 0 Å². The van der Waals surface area contributed by atoms with Gasteiger partial charge in [0.05, 0.1) is 23.7 Å². The number of ether oxygens (including phenoxy) is 2. The number of sulfonamides is 1. The zero-order valence-corrected chi connectivity index (χ0v) is 26.4. The quantitative estimate of drug-likeness (QED) is 0.258. The van der Waals surface area contributed by atoms with E-state index in [1.807, 2.05) is 42.5 Å². The van der Waals surface area contributed by atoms with Gasteiger partial charge < -0.3 is 14.4 Å². The second kappa shape index (κ2) is 11.6. The van der Waals surface area contributed by atoms with Gasteiger partial charge in [-0.3, -0.25) is 9.21 Å². The Bertz CT molecular complexity index is 1810. The molecule has 0 N–H and O–H groups in total. The van der Waals surface area contributed by atoms with Gasteiger partial charge in [0.25, 0.3) is 10.0 Å². The summed E-state index contributed by atoms with van der Waals surface area (Å²) in [6.07, 6.45) is 3.25. The number of likely N-dealkylation sites (tertiary alicyclic amines) is 1. The van der Waals surface area contributed by atoms with E-state index in [-0.39, 0.29) is 23.3 Å². The molecule has 0 amide bonds. The van der Waals surface area contributed by atoms with E-state index in [2.05, 4.69) is 14.8 Å². The van der Waals surface area contributed by atoms with Crippen LogP contribution in [0.1, 0.15) is 28.7 Å². The Morgan fingerprint density at radius 1 is 0.978 bits per heavy atom. The van der Waals surface area contributed by atoms with Crippen molar-refractivity contribution in [3.63, 3.8) is 0 Å². The summed E-state index contributed by atoms with van der Waals surface area (Å²) >= 11 is 0. The molecule has 3 atom stereocenters. The lowest BCUT2D eigenvalue weighted by atomic mass is 10.1. The van der Waals surface area contributed by atoms with Crippen molar-refractivity contribution >= 4 is 21.5 Å². The highest BCUT2D eigenvalue weighted by Gasteiger charge is 2.44. The van der Waals surface area contributed by atoms with E-state index in [1.54, 1.807) is 39.3 Å². The van der Waals surface area contributed by atoms with Crippen LogP contribution in [0.15, 0.2) is 77.8 Å². The van der Waals surface area contributed by atoms with Crippen LogP contribution in [0, 0.1) is 19.7 Å². The van der Waals surface area contributed by atoms with Gasteiger partial charge in [-0.05, 0) is 85.3 Å². The van der Waals surface area contributed by atoms with Crippen LogP contribution in [0.2, 0.25) is 0 Å². The predicted molar refractivity (Wildman–Crippen MR) is 170 cm³/mol. The first-order chi connectivity index (χ1) is 21.7. The van der Waals surface area contributed by atoms with Gasteiger partial charge in [-0.1, -0.05) is 30.3 Å². The van der Waals surface area contributed by atoms with Crippen molar-refractivity contribution in [2.45, 2.75) is 56.3 Å². The zero-order chi connectivity index (χ0) is 31.3. The Hall–Kier alpha value is -4.22. The first-order valence-electron chi connectivity index (χ1n) is 15.2. The van der Waals surface area contributed by atoms with Crippen LogP contribution in [0.3, 0.4) is 0 Å². The van der Waals surface area contributed by atoms with E-state index in [9.17, 15) is 12.8 Å². The molecule has 2 bridgehead atoms. The van der Waals surface area contributed by atoms with Crippen molar-refractivity contribution in [1.29, 1.82) is 0 Å². The molecular weight excluding hydrogens is 593 g/mol. The number of anilines is 2. The molecular formula is C34H36FN5O4S. The molecule has 234 valence electrons. The SMILES string of the molecule is COc1cc(C)c(S(=O)(=O)N2c3ccccc3C[C@H]2COc2nccc(N3CC4CC3CN4Cc3ccc(F)cc3)n2)c(C)c1. The number of hydrogen-bond donors (Lipinski definition) is 0. The van der Waals surface area contributed by atoms with Crippen molar-refractivity contribution in [1.82, 2.24) is 14.9 Å². The molecule has 11 heteroatoms. The second-order valence-electron chi connectivity index (χ2n) is 12.1. The molecule has 3 aliphatic heterocycles. The maximum atomic E-state index is 14.3. The Morgan fingerprint density at radius 3 is 2.44 bits per heavy atom. The summed E-state index contributed by atoms with van der Waals surface area (Å²) in [5, 5.41) is 0. The summed E-state index contributed by atoms with van der Waals surface area (Å²) in [7, 11) is -2.35. The van der Waals surface area contributed by atoms with Crippen LogP contribution in [0.4, 0.5) is 15.9 Å². The summed E-state index contributed by atoms with van der Waals surface area (Å²) < 4.78 is 55.0. The number of halogens is 1. The molecule has 2 unspecified atom stereocenters. The molecule has 4 heterocycles. The normalized spacial score (nSPS) is 20.9. The molecule has 0 radical (unpaired) electrons. The van der Waals surface area contributed by atoms with Crippen LogP contribution in [-0.4, -0.2) is 68.2 Å². The molecule has 1 aromatic heterocycles. The number of hydrogen-bond acceptors (Lipinski definition) is 8. The molecule has 7 rings (SSSR count). The van der Waals surface area contributed by atoms with E-state index < -0.39 is 16.1 Å². The Morgan fingerprint density at radius 2 is 1.73 bits per heavy atom. The maximum absolute atomic E-state index is 14.3. The third-order valence-corrected chi connectivity index (χ3v) is 11.3. The number of aryl methyl sites for hydroxylation is 2. The first kappa shape index (κ1) is 29.5. The molecule has 4 aromatic rings. The van der Waals surface area contributed by atoms with Crippen molar-refractivity contribution in [3.8, 4) is 11.8 Å². The van der Waals surface area contributed by atoms with Crippen molar-refractivity contribution in [2.75, 3.05) is 36.0 Å². The van der Waals surface area contributed by atoms with Gasteiger partial charge in [-0.2, -0.15) is 4.98 Å². The molecule has 0 spiro atoms. The van der Waals surface area contributed by atoms with E-state index in [4.69, 9.17) is 14.5 Å². The molecule has 0 saturated carbocycles. The fourth-order valence-corrected chi connectivity index (χ4v) is 9.29. The van der Waals surface area contributed by atoms with E-state index in [0.717, 1.165) is 43.0 Å². The van der Waals surface area contributed by atoms with Crippen LogP contribution in [-0.2, 0) is 23.0 Å². The average molecular weight is 630 g/mol. The van der Waals surface area contributed by atoms with Crippen molar-refractivity contribution < 1.29 is 22.3 Å². The number of fused-ring (bicyclic) bond motifs is 3. The average Bonchev–Trinajstić information content (AvgIpc) is 3.73. The zero-order valence-electron chi connectivity index (χ0n) is 25.6. The smallest absolute Gasteiger partial charge is 0.318 e. The van der Waals surface area contributed by atoms with Gasteiger partial charge in [0.2, 0.25) is 0 Å². The van der Waals surface area contributed by atoms with Gasteiger partial charge in [0, 0.05) is 37.9 Å². The molecule has 0 aliphatic carbocycles. The predicted octanol–water partition coefficient (Wildman–Crippen LogP) is 4.90. The van der Waals surface area contributed by atoms with Crippen LogP contribution >= 0.6 is 0 Å². The minimum atomic E-state index is -3.92. The summed E-state index contributed by atoms with van der Waals surface area (Å²) in [4.78, 5) is 14.1. The number of rotatable bonds is 9. The summed E-state index contributed by atoms with van der Waals surface area (Å²) in [6, 6.07) is 20.2. The lowest BCUT2D eigenvalue weighted by molar-refractivity contribution is 0.229. The monoisotopic (exact) mass is 629 g/mol. The molecule has 9 nitrogen and oxygen atoms in total. The third kappa shape index (κ3) is 5.48. The fourth-order valence-electron chi connectivity index (χ4n) is 7.20. The molecule has 2 fully saturated rings. The highest BCUT2D eigenvalue weighted by molar-refractivity contribution is 7.93. The minimum Gasteiger partial charge on any atom is -0.497 e. The summed E-state index contributed by atoms with van der Waals surface area (Å²) in [5.41, 5.74) is 3.97. The lowest BCUT2D eigenvalue weighted by Crippen LogP contribution is -2.46. The number of nitrogens with zero attached hydrogens (tertiary/aromatic N) is 5. The topological polar surface area (TPSA) is 88.1 Å². The Kier molecular flexibility index (Phi) is 7.61. The molecule has 2 saturated heterocycles. The third-order valence-electron chi connectivity index (χ3n) is 9.17. The largest absolute Gasteiger partial charge is 0.497 e.